The predicted octanol–water partition coefficient (Wildman–Crippen LogP) is 4.03. The van der Waals surface area contributed by atoms with Gasteiger partial charge in [0.1, 0.15) is 0 Å². The lowest BCUT2D eigenvalue weighted by atomic mass is 9.81. The quantitative estimate of drug-likeness (QED) is 0.782. The van der Waals surface area contributed by atoms with E-state index in [1.807, 2.05) is 0 Å². The van der Waals surface area contributed by atoms with E-state index in [1.165, 1.54) is 0 Å². The summed E-state index contributed by atoms with van der Waals surface area (Å²) < 4.78 is 12.7. The fourth-order valence-corrected chi connectivity index (χ4v) is 5.31. The summed E-state index contributed by atoms with van der Waals surface area (Å²) >= 11 is 0. The molecule has 1 atom stereocenters. The van der Waals surface area contributed by atoms with Crippen LogP contribution < -0.4 is 10.6 Å². The van der Waals surface area contributed by atoms with Gasteiger partial charge in [0.15, 0.2) is 0 Å². The number of nitrogens with one attached hydrogen (secondary N) is 2. The third-order valence-corrected chi connectivity index (χ3v) is 5.30. The van der Waals surface area contributed by atoms with Gasteiger partial charge >= 0.3 is 0 Å². The maximum absolute atomic E-state index is 6.38. The molecule has 2 N–H and O–H groups in total. The Hall–Kier alpha value is -0.160. The first-order valence-corrected chi connectivity index (χ1v) is 10.0. The Labute approximate surface area is 155 Å². The number of ether oxygens (including phenoxy) is 2. The standard InChI is InChI=1S/C21H42N2O2/c1-15(25-17-12-20(6,7)23-21(8,9)13-17)14-24-16-10-18(2,3)22-19(4,5)11-16/h15-17,22-23H,10-14H2,1-9H3. The summed E-state index contributed by atoms with van der Waals surface area (Å²) in [5.74, 6) is 0. The van der Waals surface area contributed by atoms with Gasteiger partial charge in [-0.25, -0.2) is 0 Å². The maximum Gasteiger partial charge on any atom is 0.0784 e. The Balaban J connectivity index is 1.83. The van der Waals surface area contributed by atoms with Crippen LogP contribution in [0, 0.1) is 0 Å². The van der Waals surface area contributed by atoms with Crippen molar-refractivity contribution in [3.8, 4) is 0 Å². The van der Waals surface area contributed by atoms with Crippen LogP contribution in [0.3, 0.4) is 0 Å². The molecule has 1 unspecified atom stereocenters. The van der Waals surface area contributed by atoms with Crippen LogP contribution >= 0.6 is 0 Å². The molecule has 4 nitrogen and oxygen atoms in total. The average Bonchev–Trinajstić information content (AvgIpc) is 2.28. The second-order valence-electron chi connectivity index (χ2n) is 11.1. The molecule has 0 aliphatic carbocycles. The summed E-state index contributed by atoms with van der Waals surface area (Å²) in [6, 6.07) is 0. The molecule has 2 heterocycles. The second-order valence-corrected chi connectivity index (χ2v) is 11.1. The van der Waals surface area contributed by atoms with Crippen molar-refractivity contribution in [2.24, 2.45) is 0 Å². The zero-order chi connectivity index (χ0) is 19.1. The van der Waals surface area contributed by atoms with E-state index in [4.69, 9.17) is 9.47 Å². The van der Waals surface area contributed by atoms with Crippen LogP contribution in [0.5, 0.6) is 0 Å². The van der Waals surface area contributed by atoms with Crippen LogP contribution in [-0.4, -0.2) is 47.1 Å². The smallest absolute Gasteiger partial charge is 0.0784 e. The van der Waals surface area contributed by atoms with Gasteiger partial charge in [-0.15, -0.1) is 0 Å². The SMILES string of the molecule is CC(COC1CC(C)(C)NC(C)(C)C1)OC1CC(C)(C)NC(C)(C)C1. The van der Waals surface area contributed by atoms with Crippen molar-refractivity contribution < 1.29 is 9.47 Å². The molecule has 4 heteroatoms. The Morgan fingerprint density at radius 1 is 0.720 bits per heavy atom. The highest BCUT2D eigenvalue weighted by atomic mass is 16.5. The molecule has 0 spiro atoms. The zero-order valence-electron chi connectivity index (χ0n) is 18.1. The molecule has 2 aliphatic heterocycles. The second kappa shape index (κ2) is 7.10. The molecule has 2 fully saturated rings. The summed E-state index contributed by atoms with van der Waals surface area (Å²) in [5.41, 5.74) is 0.491. The normalized spacial score (nSPS) is 30.1. The third-order valence-electron chi connectivity index (χ3n) is 5.30. The molecule has 148 valence electrons. The molecule has 2 aliphatic rings. The van der Waals surface area contributed by atoms with Gasteiger partial charge < -0.3 is 20.1 Å². The van der Waals surface area contributed by atoms with Crippen molar-refractivity contribution in [1.82, 2.24) is 10.6 Å². The summed E-state index contributed by atoms with van der Waals surface area (Å²) in [5, 5.41) is 7.43. The monoisotopic (exact) mass is 354 g/mol. The lowest BCUT2D eigenvalue weighted by Crippen LogP contribution is -2.60. The maximum atomic E-state index is 6.38. The highest BCUT2D eigenvalue weighted by molar-refractivity contribution is 4.99. The van der Waals surface area contributed by atoms with Crippen molar-refractivity contribution in [3.05, 3.63) is 0 Å². The minimum atomic E-state index is 0.121. The van der Waals surface area contributed by atoms with Crippen LogP contribution in [0.25, 0.3) is 0 Å². The Morgan fingerprint density at radius 2 is 1.08 bits per heavy atom. The fraction of sp³-hybridized carbons (Fsp3) is 1.00. The van der Waals surface area contributed by atoms with E-state index < -0.39 is 0 Å². The molecule has 25 heavy (non-hydrogen) atoms. The van der Waals surface area contributed by atoms with Gasteiger partial charge in [0.05, 0.1) is 24.9 Å². The molecule has 0 bridgehead atoms. The summed E-state index contributed by atoms with van der Waals surface area (Å²) in [6.45, 7) is 21.0. The first kappa shape index (κ1) is 21.1. The molecule has 0 saturated carbocycles. The molecule has 2 rings (SSSR count). The fourth-order valence-electron chi connectivity index (χ4n) is 5.31. The minimum Gasteiger partial charge on any atom is -0.375 e. The zero-order valence-corrected chi connectivity index (χ0v) is 18.1. The molecule has 0 radical (unpaired) electrons. The number of piperidine rings is 2. The topological polar surface area (TPSA) is 42.5 Å². The third kappa shape index (κ3) is 6.82. The highest BCUT2D eigenvalue weighted by Gasteiger charge is 2.40. The molecule has 0 aromatic rings. The van der Waals surface area contributed by atoms with Crippen molar-refractivity contribution >= 4 is 0 Å². The van der Waals surface area contributed by atoms with Crippen molar-refractivity contribution in [1.29, 1.82) is 0 Å². The van der Waals surface area contributed by atoms with Crippen molar-refractivity contribution in [2.75, 3.05) is 6.61 Å². The molecular weight excluding hydrogens is 312 g/mol. The van der Waals surface area contributed by atoms with Crippen LogP contribution in [0.1, 0.15) is 88.0 Å². The van der Waals surface area contributed by atoms with E-state index in [9.17, 15) is 0 Å². The van der Waals surface area contributed by atoms with E-state index in [1.54, 1.807) is 0 Å². The van der Waals surface area contributed by atoms with E-state index in [0.29, 0.717) is 18.8 Å². The largest absolute Gasteiger partial charge is 0.375 e. The highest BCUT2D eigenvalue weighted by Crippen LogP contribution is 2.32. The summed E-state index contributed by atoms with van der Waals surface area (Å²) in [4.78, 5) is 0. The Bertz CT molecular complexity index is 425. The van der Waals surface area contributed by atoms with Crippen molar-refractivity contribution in [3.63, 3.8) is 0 Å². The lowest BCUT2D eigenvalue weighted by Gasteiger charge is -2.47. The number of hydrogen-bond acceptors (Lipinski definition) is 4. The van der Waals surface area contributed by atoms with E-state index in [2.05, 4.69) is 72.9 Å². The number of hydrogen-bond donors (Lipinski definition) is 2. The molecule has 0 aromatic carbocycles. The average molecular weight is 355 g/mol. The van der Waals surface area contributed by atoms with Gasteiger partial charge in [-0.1, -0.05) is 0 Å². The van der Waals surface area contributed by atoms with Gasteiger partial charge in [-0.3, -0.25) is 0 Å². The van der Waals surface area contributed by atoms with E-state index in [0.717, 1.165) is 25.7 Å². The molecular formula is C21H42N2O2. The number of rotatable bonds is 5. The van der Waals surface area contributed by atoms with Gasteiger partial charge in [0.2, 0.25) is 0 Å². The first-order valence-electron chi connectivity index (χ1n) is 10.0. The van der Waals surface area contributed by atoms with Gasteiger partial charge in [0, 0.05) is 22.2 Å². The lowest BCUT2D eigenvalue weighted by molar-refractivity contribution is -0.108. The van der Waals surface area contributed by atoms with Crippen molar-refractivity contribution in [2.45, 2.75) is 128 Å². The van der Waals surface area contributed by atoms with E-state index >= 15 is 0 Å². The summed E-state index contributed by atoms with van der Waals surface area (Å²) in [7, 11) is 0. The van der Waals surface area contributed by atoms with Crippen LogP contribution in [-0.2, 0) is 9.47 Å². The summed E-state index contributed by atoms with van der Waals surface area (Å²) in [6.07, 6.45) is 4.94. The molecule has 0 amide bonds. The Morgan fingerprint density at radius 3 is 1.48 bits per heavy atom. The van der Waals surface area contributed by atoms with Gasteiger partial charge in [0.25, 0.3) is 0 Å². The van der Waals surface area contributed by atoms with Crippen LogP contribution in [0.4, 0.5) is 0 Å². The van der Waals surface area contributed by atoms with Gasteiger partial charge in [-0.05, 0) is 88.0 Å². The van der Waals surface area contributed by atoms with Crippen LogP contribution in [0.2, 0.25) is 0 Å². The molecule has 0 aromatic heterocycles. The first-order chi connectivity index (χ1) is 11.2. The van der Waals surface area contributed by atoms with E-state index in [-0.39, 0.29) is 28.3 Å². The minimum absolute atomic E-state index is 0.121. The van der Waals surface area contributed by atoms with Gasteiger partial charge in [-0.2, -0.15) is 0 Å². The molecule has 2 saturated heterocycles. The van der Waals surface area contributed by atoms with Crippen LogP contribution in [0.15, 0.2) is 0 Å². The predicted molar refractivity (Wildman–Crippen MR) is 105 cm³/mol. The Kier molecular flexibility index (Phi) is 6.01.